The Morgan fingerprint density at radius 1 is 1.31 bits per heavy atom. The van der Waals surface area contributed by atoms with Crippen LogP contribution in [0, 0.1) is 13.8 Å². The molecule has 1 aliphatic carbocycles. The van der Waals surface area contributed by atoms with E-state index in [0.29, 0.717) is 5.16 Å². The number of aromatic nitrogens is 2. The quantitative estimate of drug-likeness (QED) is 0.490. The fourth-order valence-corrected chi connectivity index (χ4v) is 6.00. The van der Waals surface area contributed by atoms with Crippen LogP contribution in [-0.2, 0) is 17.6 Å². The van der Waals surface area contributed by atoms with Gasteiger partial charge >= 0.3 is 0 Å². The summed E-state index contributed by atoms with van der Waals surface area (Å²) in [5.41, 5.74) is 4.16. The van der Waals surface area contributed by atoms with Crippen molar-refractivity contribution in [2.24, 2.45) is 0 Å². The Morgan fingerprint density at radius 2 is 2.10 bits per heavy atom. The van der Waals surface area contributed by atoms with E-state index in [2.05, 4.69) is 11.4 Å². The van der Waals surface area contributed by atoms with E-state index in [9.17, 15) is 9.59 Å². The Balaban J connectivity index is 1.86. The lowest BCUT2D eigenvalue weighted by Crippen LogP contribution is -2.32. The zero-order chi connectivity index (χ0) is 20.7. The maximum atomic E-state index is 13.6. The molecule has 3 aromatic rings. The van der Waals surface area contributed by atoms with Gasteiger partial charge in [-0.3, -0.25) is 14.2 Å². The molecule has 1 N–H and O–H groups in total. The molecule has 152 valence electrons. The van der Waals surface area contributed by atoms with Crippen molar-refractivity contribution in [3.8, 4) is 5.69 Å². The second-order valence-corrected chi connectivity index (χ2v) is 9.90. The summed E-state index contributed by atoms with van der Waals surface area (Å²) in [6.07, 6.45) is 3.08. The summed E-state index contributed by atoms with van der Waals surface area (Å²) < 4.78 is 1.70. The summed E-state index contributed by atoms with van der Waals surface area (Å²) in [6.45, 7) is 7.92. The van der Waals surface area contributed by atoms with E-state index < -0.39 is 0 Å². The molecule has 0 unspecified atom stereocenters. The predicted molar refractivity (Wildman–Crippen MR) is 121 cm³/mol. The number of thiophene rings is 1. The number of nitrogens with zero attached hydrogens (tertiary/aromatic N) is 2. The first-order valence-electron chi connectivity index (χ1n) is 9.92. The van der Waals surface area contributed by atoms with E-state index in [1.165, 1.54) is 22.2 Å². The lowest BCUT2D eigenvalue weighted by atomic mass is 10.1. The van der Waals surface area contributed by atoms with E-state index in [1.807, 2.05) is 39.8 Å². The van der Waals surface area contributed by atoms with Crippen LogP contribution in [0.15, 0.2) is 28.2 Å². The van der Waals surface area contributed by atoms with Gasteiger partial charge in [-0.15, -0.1) is 11.3 Å². The minimum atomic E-state index is -0.0554. The molecule has 0 saturated carbocycles. The van der Waals surface area contributed by atoms with Gasteiger partial charge in [0.05, 0.1) is 16.8 Å². The van der Waals surface area contributed by atoms with Gasteiger partial charge in [0.2, 0.25) is 5.91 Å². The number of carbonyl (C=O) groups excluding carboxylic acids is 1. The number of hydrogen-bond donors (Lipinski definition) is 1. The molecule has 7 heteroatoms. The maximum absolute atomic E-state index is 13.6. The molecule has 1 aromatic carbocycles. The lowest BCUT2D eigenvalue weighted by Gasteiger charge is -2.15. The molecular weight excluding hydrogens is 402 g/mol. The molecule has 5 nitrogen and oxygen atoms in total. The van der Waals surface area contributed by atoms with Gasteiger partial charge in [0.25, 0.3) is 5.56 Å². The van der Waals surface area contributed by atoms with Crippen molar-refractivity contribution in [2.75, 3.05) is 5.75 Å². The van der Waals surface area contributed by atoms with Gasteiger partial charge in [0.15, 0.2) is 5.16 Å². The second kappa shape index (κ2) is 7.95. The molecular formula is C22H25N3O2S2. The molecule has 0 radical (unpaired) electrons. The molecule has 4 rings (SSSR count). The molecule has 29 heavy (non-hydrogen) atoms. The first-order chi connectivity index (χ1) is 13.8. The average Bonchev–Trinajstić information content (AvgIpc) is 3.21. The van der Waals surface area contributed by atoms with Gasteiger partial charge in [0.1, 0.15) is 4.83 Å². The number of thioether (sulfide) groups is 1. The minimum absolute atomic E-state index is 0.0203. The minimum Gasteiger partial charge on any atom is -0.353 e. The van der Waals surface area contributed by atoms with Crippen LogP contribution >= 0.6 is 23.1 Å². The summed E-state index contributed by atoms with van der Waals surface area (Å²) in [6, 6.07) is 6.14. The van der Waals surface area contributed by atoms with Crippen LogP contribution in [0.25, 0.3) is 15.9 Å². The highest BCUT2D eigenvalue weighted by molar-refractivity contribution is 7.99. The van der Waals surface area contributed by atoms with Gasteiger partial charge in [-0.25, -0.2) is 4.98 Å². The third-order valence-electron chi connectivity index (χ3n) is 5.08. The molecule has 0 aliphatic heterocycles. The molecule has 1 amide bonds. The van der Waals surface area contributed by atoms with Gasteiger partial charge in [-0.05, 0) is 64.2 Å². The van der Waals surface area contributed by atoms with Crippen molar-refractivity contribution in [3.05, 3.63) is 50.1 Å². The van der Waals surface area contributed by atoms with E-state index in [4.69, 9.17) is 4.98 Å². The second-order valence-electron chi connectivity index (χ2n) is 7.87. The first-order valence-corrected chi connectivity index (χ1v) is 11.7. The van der Waals surface area contributed by atoms with Crippen molar-refractivity contribution in [1.82, 2.24) is 14.9 Å². The van der Waals surface area contributed by atoms with Crippen molar-refractivity contribution in [1.29, 1.82) is 0 Å². The largest absolute Gasteiger partial charge is 0.353 e. The number of hydrogen-bond acceptors (Lipinski definition) is 5. The highest BCUT2D eigenvalue weighted by Crippen LogP contribution is 2.36. The van der Waals surface area contributed by atoms with Crippen LogP contribution in [0.5, 0.6) is 0 Å². The zero-order valence-electron chi connectivity index (χ0n) is 17.2. The molecule has 0 atom stereocenters. The summed E-state index contributed by atoms with van der Waals surface area (Å²) in [7, 11) is 0. The number of nitrogens with one attached hydrogen (secondary N) is 1. The lowest BCUT2D eigenvalue weighted by molar-refractivity contribution is -0.119. The third-order valence-corrected chi connectivity index (χ3v) is 7.21. The third kappa shape index (κ3) is 3.85. The molecule has 0 saturated heterocycles. The van der Waals surface area contributed by atoms with Crippen molar-refractivity contribution in [2.45, 2.75) is 58.2 Å². The molecule has 0 spiro atoms. The smallest absolute Gasteiger partial charge is 0.267 e. The highest BCUT2D eigenvalue weighted by Gasteiger charge is 2.24. The Kier molecular flexibility index (Phi) is 5.53. The van der Waals surface area contributed by atoms with E-state index in [1.54, 1.807) is 15.9 Å². The van der Waals surface area contributed by atoms with Gasteiger partial charge in [-0.1, -0.05) is 29.5 Å². The SMILES string of the molecule is Cc1ccc(-n2c(SCC(=O)NC(C)C)nc3sc4c(c3c2=O)CCC4)c(C)c1. The Morgan fingerprint density at radius 3 is 2.83 bits per heavy atom. The van der Waals surface area contributed by atoms with Crippen molar-refractivity contribution >= 4 is 39.2 Å². The average molecular weight is 428 g/mol. The summed E-state index contributed by atoms with van der Waals surface area (Å²) in [5, 5.41) is 4.24. The summed E-state index contributed by atoms with van der Waals surface area (Å²) in [5.74, 6) is 0.173. The van der Waals surface area contributed by atoms with Crippen LogP contribution in [-0.4, -0.2) is 27.3 Å². The molecule has 0 fully saturated rings. The molecule has 0 bridgehead atoms. The van der Waals surface area contributed by atoms with Crippen LogP contribution < -0.4 is 10.9 Å². The van der Waals surface area contributed by atoms with Crippen LogP contribution in [0.1, 0.15) is 41.8 Å². The Hall–Kier alpha value is -2.12. The number of amides is 1. The van der Waals surface area contributed by atoms with E-state index in [-0.39, 0.29) is 23.3 Å². The highest BCUT2D eigenvalue weighted by atomic mass is 32.2. The summed E-state index contributed by atoms with van der Waals surface area (Å²) in [4.78, 5) is 32.8. The van der Waals surface area contributed by atoms with Crippen LogP contribution in [0.2, 0.25) is 0 Å². The number of fused-ring (bicyclic) bond motifs is 3. The Labute approximate surface area is 178 Å². The Bertz CT molecular complexity index is 1160. The van der Waals surface area contributed by atoms with Gasteiger partial charge in [0, 0.05) is 10.9 Å². The van der Waals surface area contributed by atoms with Crippen LogP contribution in [0.4, 0.5) is 0 Å². The van der Waals surface area contributed by atoms with E-state index >= 15 is 0 Å². The van der Waals surface area contributed by atoms with Crippen LogP contribution in [0.3, 0.4) is 0 Å². The standard InChI is InChI=1S/C22H25N3O2S2/c1-12(2)23-18(26)11-28-22-24-20-19(15-6-5-7-17(15)29-20)21(27)25(22)16-9-8-13(3)10-14(16)4/h8-10,12H,5-7,11H2,1-4H3,(H,23,26). The molecule has 2 heterocycles. The van der Waals surface area contributed by atoms with Crippen molar-refractivity contribution in [3.63, 3.8) is 0 Å². The molecule has 1 aliphatic rings. The number of aryl methyl sites for hydroxylation is 4. The fourth-order valence-electron chi connectivity index (χ4n) is 3.88. The number of benzene rings is 1. The first kappa shape index (κ1) is 20.2. The fraction of sp³-hybridized carbons (Fsp3) is 0.409. The monoisotopic (exact) mass is 427 g/mol. The number of carbonyl (C=O) groups is 1. The molecule has 2 aromatic heterocycles. The van der Waals surface area contributed by atoms with Gasteiger partial charge < -0.3 is 5.32 Å². The predicted octanol–water partition coefficient (Wildman–Crippen LogP) is 4.17. The van der Waals surface area contributed by atoms with E-state index in [0.717, 1.165) is 46.3 Å². The topological polar surface area (TPSA) is 64.0 Å². The summed E-state index contributed by atoms with van der Waals surface area (Å²) >= 11 is 2.95. The van der Waals surface area contributed by atoms with Crippen molar-refractivity contribution < 1.29 is 4.79 Å². The maximum Gasteiger partial charge on any atom is 0.267 e. The van der Waals surface area contributed by atoms with Gasteiger partial charge in [-0.2, -0.15) is 0 Å². The zero-order valence-corrected chi connectivity index (χ0v) is 18.8. The number of rotatable bonds is 5. The normalized spacial score (nSPS) is 13.3.